The van der Waals surface area contributed by atoms with Crippen LogP contribution < -0.4 is 10.6 Å². The van der Waals surface area contributed by atoms with Gasteiger partial charge >= 0.3 is 0 Å². The maximum atomic E-state index is 12.0. The Hall–Kier alpha value is -2.65. The second-order valence-corrected chi connectivity index (χ2v) is 5.26. The Labute approximate surface area is 136 Å². The highest BCUT2D eigenvalue weighted by Gasteiger charge is 2.10. The minimum absolute atomic E-state index is 0.156. The highest BCUT2D eigenvalue weighted by Crippen LogP contribution is 2.15. The number of halogens is 1. The number of nitrogens with zero attached hydrogens (tertiary/aromatic N) is 1. The monoisotopic (exact) mass is 357 g/mol. The summed E-state index contributed by atoms with van der Waals surface area (Å²) in [6, 6.07) is 15.5. The molecule has 2 amide bonds. The van der Waals surface area contributed by atoms with Crippen molar-refractivity contribution in [1.82, 2.24) is 5.32 Å². The molecule has 0 aliphatic rings. The van der Waals surface area contributed by atoms with Crippen LogP contribution >= 0.6 is 15.9 Å². The maximum absolute atomic E-state index is 12.0. The molecule has 2 rings (SSSR count). The van der Waals surface area contributed by atoms with E-state index >= 15 is 0 Å². The fraction of sp³-hybridized carbons (Fsp3) is 0.0625. The Morgan fingerprint density at radius 2 is 1.91 bits per heavy atom. The van der Waals surface area contributed by atoms with E-state index in [2.05, 4.69) is 26.6 Å². The van der Waals surface area contributed by atoms with Crippen LogP contribution in [0.2, 0.25) is 0 Å². The zero-order chi connectivity index (χ0) is 15.9. The van der Waals surface area contributed by atoms with Gasteiger partial charge < -0.3 is 10.6 Å². The summed E-state index contributed by atoms with van der Waals surface area (Å²) in [6.07, 6.45) is 0. The molecule has 6 heteroatoms. The number of nitriles is 1. The zero-order valence-electron chi connectivity index (χ0n) is 11.5. The summed E-state index contributed by atoms with van der Waals surface area (Å²) in [6.45, 7) is -0.156. The lowest BCUT2D eigenvalue weighted by Crippen LogP contribution is -2.33. The Bertz CT molecular complexity index is 753. The summed E-state index contributed by atoms with van der Waals surface area (Å²) in [4.78, 5) is 23.8. The third kappa shape index (κ3) is 4.17. The molecule has 0 saturated carbocycles. The Morgan fingerprint density at radius 1 is 1.14 bits per heavy atom. The van der Waals surface area contributed by atoms with Gasteiger partial charge in [-0.05, 0) is 46.3 Å². The van der Waals surface area contributed by atoms with Crippen molar-refractivity contribution in [2.45, 2.75) is 0 Å². The van der Waals surface area contributed by atoms with Gasteiger partial charge in [0.15, 0.2) is 0 Å². The average Bonchev–Trinajstić information content (AvgIpc) is 2.53. The highest BCUT2D eigenvalue weighted by atomic mass is 79.9. The molecule has 0 heterocycles. The molecule has 0 saturated heterocycles. The summed E-state index contributed by atoms with van der Waals surface area (Å²) in [5.41, 5.74) is 1.43. The van der Waals surface area contributed by atoms with Crippen molar-refractivity contribution < 1.29 is 9.59 Å². The van der Waals surface area contributed by atoms with Crippen molar-refractivity contribution in [1.29, 1.82) is 5.26 Å². The molecule has 2 N–H and O–H groups in total. The summed E-state index contributed by atoms with van der Waals surface area (Å²) < 4.78 is 0.662. The quantitative estimate of drug-likeness (QED) is 0.882. The van der Waals surface area contributed by atoms with Gasteiger partial charge in [-0.15, -0.1) is 0 Å². The first kappa shape index (κ1) is 15.7. The highest BCUT2D eigenvalue weighted by molar-refractivity contribution is 9.10. The molecule has 0 unspecified atom stereocenters. The van der Waals surface area contributed by atoms with E-state index in [1.165, 1.54) is 0 Å². The fourth-order valence-electron chi connectivity index (χ4n) is 1.77. The number of anilines is 1. The molecule has 0 atom stereocenters. The van der Waals surface area contributed by atoms with Gasteiger partial charge in [0.05, 0.1) is 23.7 Å². The van der Waals surface area contributed by atoms with E-state index in [-0.39, 0.29) is 18.4 Å². The van der Waals surface area contributed by atoms with Gasteiger partial charge in [-0.2, -0.15) is 5.26 Å². The summed E-state index contributed by atoms with van der Waals surface area (Å²) in [7, 11) is 0. The van der Waals surface area contributed by atoms with E-state index in [9.17, 15) is 9.59 Å². The Balaban J connectivity index is 1.92. The second kappa shape index (κ2) is 7.38. The first-order valence-electron chi connectivity index (χ1n) is 6.43. The predicted octanol–water partition coefficient (Wildman–Crippen LogP) is 2.69. The normalized spacial score (nSPS) is 9.64. The average molecular weight is 358 g/mol. The van der Waals surface area contributed by atoms with Crippen LogP contribution in [-0.4, -0.2) is 18.4 Å². The number of carbonyl (C=O) groups excluding carboxylic acids is 2. The topological polar surface area (TPSA) is 82.0 Å². The van der Waals surface area contributed by atoms with Crippen LogP contribution in [-0.2, 0) is 4.79 Å². The molecular weight excluding hydrogens is 346 g/mol. The third-order valence-corrected chi connectivity index (χ3v) is 3.49. The molecule has 0 fully saturated rings. The Morgan fingerprint density at radius 3 is 2.64 bits per heavy atom. The number of nitrogens with one attached hydrogen (secondary N) is 2. The number of hydrogen-bond donors (Lipinski definition) is 2. The Kier molecular flexibility index (Phi) is 5.28. The van der Waals surface area contributed by atoms with Gasteiger partial charge in [0.25, 0.3) is 5.91 Å². The fourth-order valence-corrected chi connectivity index (χ4v) is 2.24. The van der Waals surface area contributed by atoms with Crippen LogP contribution in [0.4, 0.5) is 5.69 Å². The number of hydrogen-bond acceptors (Lipinski definition) is 3. The summed E-state index contributed by atoms with van der Waals surface area (Å²) in [5.74, 6) is -0.705. The van der Waals surface area contributed by atoms with Gasteiger partial charge in [-0.25, -0.2) is 0 Å². The lowest BCUT2D eigenvalue weighted by atomic mass is 10.2. The molecule has 0 bridgehead atoms. The largest absolute Gasteiger partial charge is 0.343 e. The SMILES string of the molecule is N#Cc1cccc(NC(=O)CNC(=O)c2ccccc2Br)c1. The smallest absolute Gasteiger partial charge is 0.252 e. The number of amides is 2. The third-order valence-electron chi connectivity index (χ3n) is 2.80. The molecule has 0 radical (unpaired) electrons. The number of benzene rings is 2. The lowest BCUT2D eigenvalue weighted by molar-refractivity contribution is -0.115. The van der Waals surface area contributed by atoms with Crippen molar-refractivity contribution in [3.05, 3.63) is 64.1 Å². The molecule has 0 aliphatic carbocycles. The summed E-state index contributed by atoms with van der Waals surface area (Å²) in [5, 5.41) is 14.0. The van der Waals surface area contributed by atoms with Gasteiger partial charge in [0.1, 0.15) is 0 Å². The lowest BCUT2D eigenvalue weighted by Gasteiger charge is -2.08. The summed E-state index contributed by atoms with van der Waals surface area (Å²) >= 11 is 3.28. The molecule has 0 spiro atoms. The van der Waals surface area contributed by atoms with E-state index in [0.29, 0.717) is 21.3 Å². The number of rotatable bonds is 4. The van der Waals surface area contributed by atoms with E-state index in [1.807, 2.05) is 6.07 Å². The minimum atomic E-state index is -0.365. The second-order valence-electron chi connectivity index (χ2n) is 4.40. The van der Waals surface area contributed by atoms with Crippen molar-refractivity contribution in [3.63, 3.8) is 0 Å². The molecule has 0 aromatic heterocycles. The van der Waals surface area contributed by atoms with Gasteiger partial charge in [0.2, 0.25) is 5.91 Å². The van der Waals surface area contributed by atoms with Crippen molar-refractivity contribution >= 4 is 33.4 Å². The molecule has 5 nitrogen and oxygen atoms in total. The van der Waals surface area contributed by atoms with Crippen molar-refractivity contribution in [2.75, 3.05) is 11.9 Å². The minimum Gasteiger partial charge on any atom is -0.343 e. The molecule has 22 heavy (non-hydrogen) atoms. The van der Waals surface area contributed by atoms with Crippen LogP contribution in [0.5, 0.6) is 0 Å². The van der Waals surface area contributed by atoms with Gasteiger partial charge in [0, 0.05) is 10.2 Å². The van der Waals surface area contributed by atoms with Crippen molar-refractivity contribution in [2.24, 2.45) is 0 Å². The molecule has 0 aliphatic heterocycles. The van der Waals surface area contributed by atoms with Crippen LogP contribution in [0.15, 0.2) is 53.0 Å². The van der Waals surface area contributed by atoms with Gasteiger partial charge in [-0.3, -0.25) is 9.59 Å². The predicted molar refractivity (Wildman–Crippen MR) is 86.3 cm³/mol. The maximum Gasteiger partial charge on any atom is 0.252 e. The molecule has 2 aromatic rings. The van der Waals surface area contributed by atoms with E-state index in [1.54, 1.807) is 48.5 Å². The molecule has 110 valence electrons. The first-order chi connectivity index (χ1) is 10.6. The first-order valence-corrected chi connectivity index (χ1v) is 7.22. The van der Waals surface area contributed by atoms with E-state index < -0.39 is 0 Å². The zero-order valence-corrected chi connectivity index (χ0v) is 13.1. The van der Waals surface area contributed by atoms with Crippen LogP contribution in [0.25, 0.3) is 0 Å². The van der Waals surface area contributed by atoms with Crippen LogP contribution in [0.1, 0.15) is 15.9 Å². The van der Waals surface area contributed by atoms with Crippen LogP contribution in [0.3, 0.4) is 0 Å². The molecule has 2 aromatic carbocycles. The number of carbonyl (C=O) groups is 2. The standard InChI is InChI=1S/C16H12BrN3O2/c17-14-7-2-1-6-13(14)16(22)19-10-15(21)20-12-5-3-4-11(8-12)9-18/h1-8H,10H2,(H,19,22)(H,20,21). The van der Waals surface area contributed by atoms with E-state index in [4.69, 9.17) is 5.26 Å². The molecular formula is C16H12BrN3O2. The van der Waals surface area contributed by atoms with Gasteiger partial charge in [-0.1, -0.05) is 18.2 Å². The van der Waals surface area contributed by atoms with Crippen LogP contribution in [0, 0.1) is 11.3 Å². The van der Waals surface area contributed by atoms with E-state index in [0.717, 1.165) is 0 Å². The van der Waals surface area contributed by atoms with Crippen molar-refractivity contribution in [3.8, 4) is 6.07 Å².